The Kier molecular flexibility index (Phi) is 6.43. The van der Waals surface area contributed by atoms with Crippen molar-refractivity contribution in [2.45, 2.75) is 26.3 Å². The summed E-state index contributed by atoms with van der Waals surface area (Å²) < 4.78 is 11.0. The van der Waals surface area contributed by atoms with Gasteiger partial charge in [-0.25, -0.2) is 0 Å². The van der Waals surface area contributed by atoms with Crippen LogP contribution in [0.5, 0.6) is 11.5 Å². The highest BCUT2D eigenvalue weighted by atomic mass is 16.6. The molecule has 1 fully saturated rings. The SMILES string of the molecule is CC(C)[C@H](NC(=O)[C@H]1CC(=O)N(c2ccc3c(c2)OCCO3)C1)C(=O)NCC(=O)O. The monoisotopic (exact) mass is 419 g/mol. The van der Waals surface area contributed by atoms with E-state index in [0.717, 1.165) is 0 Å². The Hall–Kier alpha value is -3.30. The summed E-state index contributed by atoms with van der Waals surface area (Å²) in [5.74, 6) is -2.10. The molecule has 1 saturated heterocycles. The highest BCUT2D eigenvalue weighted by molar-refractivity contribution is 6.01. The summed E-state index contributed by atoms with van der Waals surface area (Å²) in [6, 6.07) is 4.28. The number of anilines is 1. The van der Waals surface area contributed by atoms with Crippen LogP contribution in [0.1, 0.15) is 20.3 Å². The Morgan fingerprint density at radius 2 is 1.90 bits per heavy atom. The molecule has 1 aromatic carbocycles. The highest BCUT2D eigenvalue weighted by Gasteiger charge is 2.37. The van der Waals surface area contributed by atoms with E-state index < -0.39 is 36.3 Å². The molecular weight excluding hydrogens is 394 g/mol. The third-order valence-electron chi connectivity index (χ3n) is 4.99. The number of aliphatic carboxylic acids is 1. The lowest BCUT2D eigenvalue weighted by atomic mass is 10.0. The molecule has 2 aliphatic rings. The van der Waals surface area contributed by atoms with Crippen molar-refractivity contribution in [3.63, 3.8) is 0 Å². The second kappa shape index (κ2) is 9.02. The third-order valence-corrected chi connectivity index (χ3v) is 4.99. The molecule has 0 bridgehead atoms. The van der Waals surface area contributed by atoms with Crippen LogP contribution in [-0.2, 0) is 19.2 Å². The van der Waals surface area contributed by atoms with Crippen LogP contribution in [-0.4, -0.2) is 61.1 Å². The molecule has 3 amide bonds. The molecule has 0 saturated carbocycles. The first kappa shape index (κ1) is 21.4. The largest absolute Gasteiger partial charge is 0.486 e. The fourth-order valence-corrected chi connectivity index (χ4v) is 3.41. The number of hydrogen-bond donors (Lipinski definition) is 3. The van der Waals surface area contributed by atoms with Crippen LogP contribution in [0.2, 0.25) is 0 Å². The summed E-state index contributed by atoms with van der Waals surface area (Å²) in [7, 11) is 0. The first-order chi connectivity index (χ1) is 14.3. The first-order valence-corrected chi connectivity index (χ1v) is 9.76. The van der Waals surface area contributed by atoms with E-state index in [9.17, 15) is 19.2 Å². The number of carboxylic acid groups (broad SMARTS) is 1. The van der Waals surface area contributed by atoms with Crippen molar-refractivity contribution in [3.8, 4) is 11.5 Å². The summed E-state index contributed by atoms with van der Waals surface area (Å²) in [5.41, 5.74) is 0.610. The summed E-state index contributed by atoms with van der Waals surface area (Å²) in [6.45, 7) is 4.02. The van der Waals surface area contributed by atoms with Crippen LogP contribution in [0.15, 0.2) is 18.2 Å². The predicted octanol–water partition coefficient (Wildman–Crippen LogP) is 0.152. The smallest absolute Gasteiger partial charge is 0.322 e. The Morgan fingerprint density at radius 3 is 2.57 bits per heavy atom. The number of carbonyl (C=O) groups is 4. The maximum Gasteiger partial charge on any atom is 0.322 e. The quantitative estimate of drug-likeness (QED) is 0.573. The third kappa shape index (κ3) is 4.81. The minimum atomic E-state index is -1.17. The van der Waals surface area contributed by atoms with Gasteiger partial charge in [-0.1, -0.05) is 13.8 Å². The molecule has 0 radical (unpaired) electrons. The predicted molar refractivity (Wildman–Crippen MR) is 105 cm³/mol. The van der Waals surface area contributed by atoms with Gasteiger partial charge in [-0.05, 0) is 18.1 Å². The van der Waals surface area contributed by atoms with Crippen molar-refractivity contribution in [1.82, 2.24) is 10.6 Å². The molecule has 0 aromatic heterocycles. The molecule has 162 valence electrons. The summed E-state index contributed by atoms with van der Waals surface area (Å²) in [6.07, 6.45) is 0.0157. The normalized spacial score (nSPS) is 18.8. The number of fused-ring (bicyclic) bond motifs is 1. The molecule has 10 nitrogen and oxygen atoms in total. The number of nitrogens with one attached hydrogen (secondary N) is 2. The Bertz CT molecular complexity index is 855. The Labute approximate surface area is 173 Å². The molecule has 30 heavy (non-hydrogen) atoms. The maximum atomic E-state index is 12.7. The van der Waals surface area contributed by atoms with Crippen molar-refractivity contribution >= 4 is 29.4 Å². The van der Waals surface area contributed by atoms with Crippen molar-refractivity contribution in [3.05, 3.63) is 18.2 Å². The number of rotatable bonds is 7. The molecule has 0 spiro atoms. The zero-order valence-electron chi connectivity index (χ0n) is 16.8. The molecular formula is C20H25N3O7. The lowest BCUT2D eigenvalue weighted by molar-refractivity contribution is -0.138. The number of benzene rings is 1. The Morgan fingerprint density at radius 1 is 1.20 bits per heavy atom. The summed E-state index contributed by atoms with van der Waals surface area (Å²) >= 11 is 0. The van der Waals surface area contributed by atoms with E-state index in [-0.39, 0.29) is 24.8 Å². The number of amides is 3. The van der Waals surface area contributed by atoms with Crippen LogP contribution < -0.4 is 25.0 Å². The standard InChI is InChI=1S/C20H25N3O7/c1-11(2)18(20(28)21-9-17(25)26)22-19(27)12-7-16(24)23(10-12)13-3-4-14-15(8-13)30-6-5-29-14/h3-4,8,11-12,18H,5-7,9-10H2,1-2H3,(H,21,28)(H,22,27)(H,25,26)/t12-,18-/m0/s1. The van der Waals surface area contributed by atoms with Gasteiger partial charge in [0.25, 0.3) is 0 Å². The molecule has 3 N–H and O–H groups in total. The molecule has 3 rings (SSSR count). The second-order valence-corrected chi connectivity index (χ2v) is 7.58. The molecule has 2 atom stereocenters. The number of nitrogens with zero attached hydrogens (tertiary/aromatic N) is 1. The lowest BCUT2D eigenvalue weighted by Gasteiger charge is -2.24. The van der Waals surface area contributed by atoms with Gasteiger partial charge in [-0.3, -0.25) is 19.2 Å². The van der Waals surface area contributed by atoms with E-state index >= 15 is 0 Å². The van der Waals surface area contributed by atoms with Crippen LogP contribution in [0.4, 0.5) is 5.69 Å². The fraction of sp³-hybridized carbons (Fsp3) is 0.500. The number of hydrogen-bond acceptors (Lipinski definition) is 6. The van der Waals surface area contributed by atoms with Gasteiger partial charge in [0.1, 0.15) is 25.8 Å². The molecule has 2 aliphatic heterocycles. The van der Waals surface area contributed by atoms with Gasteiger partial charge < -0.3 is 30.1 Å². The van der Waals surface area contributed by atoms with Crippen LogP contribution in [0.3, 0.4) is 0 Å². The van der Waals surface area contributed by atoms with E-state index in [4.69, 9.17) is 14.6 Å². The Balaban J connectivity index is 1.65. The average molecular weight is 419 g/mol. The van der Waals surface area contributed by atoms with Gasteiger partial charge in [0.05, 0.1) is 5.92 Å². The number of carbonyl (C=O) groups excluding carboxylic acids is 3. The average Bonchev–Trinajstić information content (AvgIpc) is 3.11. The van der Waals surface area contributed by atoms with E-state index in [1.54, 1.807) is 32.0 Å². The zero-order chi connectivity index (χ0) is 21.8. The van der Waals surface area contributed by atoms with Gasteiger partial charge in [-0.15, -0.1) is 0 Å². The zero-order valence-corrected chi connectivity index (χ0v) is 16.8. The lowest BCUT2D eigenvalue weighted by Crippen LogP contribution is -2.52. The number of ether oxygens (including phenoxy) is 2. The van der Waals surface area contributed by atoms with E-state index in [1.807, 2.05) is 0 Å². The molecule has 0 unspecified atom stereocenters. The minimum absolute atomic E-state index is 0.0157. The van der Waals surface area contributed by atoms with Crippen molar-refractivity contribution < 1.29 is 33.8 Å². The van der Waals surface area contributed by atoms with E-state index in [1.165, 1.54) is 4.90 Å². The highest BCUT2D eigenvalue weighted by Crippen LogP contribution is 2.36. The van der Waals surface area contributed by atoms with Gasteiger partial charge in [0.2, 0.25) is 17.7 Å². The summed E-state index contributed by atoms with van der Waals surface area (Å²) in [4.78, 5) is 49.7. The van der Waals surface area contributed by atoms with Gasteiger partial charge >= 0.3 is 5.97 Å². The molecule has 10 heteroatoms. The van der Waals surface area contributed by atoms with Crippen molar-refractivity contribution in [2.75, 3.05) is 31.2 Å². The number of carboxylic acids is 1. The van der Waals surface area contributed by atoms with Gasteiger partial charge in [-0.2, -0.15) is 0 Å². The van der Waals surface area contributed by atoms with Crippen molar-refractivity contribution in [2.24, 2.45) is 11.8 Å². The maximum absolute atomic E-state index is 12.7. The second-order valence-electron chi connectivity index (χ2n) is 7.58. The molecule has 2 heterocycles. The molecule has 1 aromatic rings. The van der Waals surface area contributed by atoms with E-state index in [2.05, 4.69) is 10.6 Å². The van der Waals surface area contributed by atoms with Crippen LogP contribution in [0, 0.1) is 11.8 Å². The molecule has 0 aliphatic carbocycles. The van der Waals surface area contributed by atoms with Crippen LogP contribution in [0.25, 0.3) is 0 Å². The van der Waals surface area contributed by atoms with Crippen molar-refractivity contribution in [1.29, 1.82) is 0 Å². The topological polar surface area (TPSA) is 134 Å². The van der Waals surface area contributed by atoms with E-state index in [0.29, 0.717) is 30.4 Å². The fourth-order valence-electron chi connectivity index (χ4n) is 3.41. The first-order valence-electron chi connectivity index (χ1n) is 9.76. The van der Waals surface area contributed by atoms with Gasteiger partial charge in [0, 0.05) is 24.7 Å². The van der Waals surface area contributed by atoms with Gasteiger partial charge in [0.15, 0.2) is 11.5 Å². The summed E-state index contributed by atoms with van der Waals surface area (Å²) in [5, 5.41) is 13.6. The minimum Gasteiger partial charge on any atom is -0.486 e. The van der Waals surface area contributed by atoms with Crippen LogP contribution >= 0.6 is 0 Å².